The van der Waals surface area contributed by atoms with Crippen molar-refractivity contribution in [2.45, 2.75) is 32.2 Å². The van der Waals surface area contributed by atoms with Gasteiger partial charge in [-0.3, -0.25) is 9.48 Å². The molecule has 110 valence electrons. The van der Waals surface area contributed by atoms with Crippen LogP contribution in [0, 0.1) is 12.8 Å². The van der Waals surface area contributed by atoms with Gasteiger partial charge >= 0.3 is 0 Å². The van der Waals surface area contributed by atoms with Crippen molar-refractivity contribution >= 4 is 5.91 Å². The molecule has 4 nitrogen and oxygen atoms in total. The Morgan fingerprint density at radius 3 is 2.71 bits per heavy atom. The van der Waals surface area contributed by atoms with Gasteiger partial charge in [-0.1, -0.05) is 30.3 Å². The van der Waals surface area contributed by atoms with Crippen LogP contribution in [0.2, 0.25) is 0 Å². The van der Waals surface area contributed by atoms with Gasteiger partial charge in [-0.25, -0.2) is 0 Å². The van der Waals surface area contributed by atoms with Crippen molar-refractivity contribution in [3.8, 4) is 0 Å². The third-order valence-electron chi connectivity index (χ3n) is 4.23. The molecule has 3 rings (SSSR count). The Hall–Kier alpha value is -2.10. The Morgan fingerprint density at radius 2 is 2.10 bits per heavy atom. The van der Waals surface area contributed by atoms with E-state index < -0.39 is 0 Å². The molecule has 3 unspecified atom stereocenters. The largest absolute Gasteiger partial charge is 0.349 e. The predicted octanol–water partition coefficient (Wildman–Crippen LogP) is 2.71. The third kappa shape index (κ3) is 2.84. The van der Waals surface area contributed by atoms with E-state index in [0.29, 0.717) is 5.92 Å². The molecule has 1 saturated carbocycles. The Balaban J connectivity index is 1.62. The van der Waals surface area contributed by atoms with Crippen molar-refractivity contribution in [2.75, 3.05) is 0 Å². The van der Waals surface area contributed by atoms with E-state index >= 15 is 0 Å². The molecule has 2 aromatic rings. The Labute approximate surface area is 125 Å². The van der Waals surface area contributed by atoms with Crippen LogP contribution in [0.3, 0.4) is 0 Å². The van der Waals surface area contributed by atoms with E-state index in [1.165, 1.54) is 5.56 Å². The van der Waals surface area contributed by atoms with E-state index in [4.69, 9.17) is 0 Å². The fraction of sp³-hybridized carbons (Fsp3) is 0.412. The number of amides is 1. The lowest BCUT2D eigenvalue weighted by Crippen LogP contribution is -2.28. The number of rotatable bonds is 4. The number of nitrogens with one attached hydrogen (secondary N) is 1. The van der Waals surface area contributed by atoms with Gasteiger partial charge in [0.2, 0.25) is 5.91 Å². The highest BCUT2D eigenvalue weighted by Gasteiger charge is 2.44. The van der Waals surface area contributed by atoms with E-state index in [1.54, 1.807) is 4.68 Å². The van der Waals surface area contributed by atoms with Gasteiger partial charge in [0, 0.05) is 24.7 Å². The zero-order valence-corrected chi connectivity index (χ0v) is 12.7. The maximum Gasteiger partial charge on any atom is 0.224 e. The molecule has 1 heterocycles. The molecule has 1 N–H and O–H groups in total. The number of hydrogen-bond donors (Lipinski definition) is 1. The lowest BCUT2D eigenvalue weighted by Gasteiger charge is -2.13. The topological polar surface area (TPSA) is 46.9 Å². The standard InChI is InChI=1S/C17H21N3O/c1-11(16-10-20(3)19-12(16)2)18-17(21)15-9-14(15)13-7-5-4-6-8-13/h4-8,10-11,14-15H,9H2,1-3H3,(H,18,21). The average molecular weight is 283 g/mol. The second-order valence-corrected chi connectivity index (χ2v) is 5.93. The predicted molar refractivity (Wildman–Crippen MR) is 81.8 cm³/mol. The summed E-state index contributed by atoms with van der Waals surface area (Å²) in [5, 5.41) is 7.45. The van der Waals surface area contributed by atoms with Crippen molar-refractivity contribution in [1.29, 1.82) is 0 Å². The summed E-state index contributed by atoms with van der Waals surface area (Å²) >= 11 is 0. The molecule has 3 atom stereocenters. The quantitative estimate of drug-likeness (QED) is 0.938. The second-order valence-electron chi connectivity index (χ2n) is 5.93. The zero-order valence-electron chi connectivity index (χ0n) is 12.7. The molecular formula is C17H21N3O. The third-order valence-corrected chi connectivity index (χ3v) is 4.23. The zero-order chi connectivity index (χ0) is 15.0. The van der Waals surface area contributed by atoms with E-state index in [9.17, 15) is 4.79 Å². The summed E-state index contributed by atoms with van der Waals surface area (Å²) in [7, 11) is 1.90. The van der Waals surface area contributed by atoms with E-state index in [2.05, 4.69) is 22.5 Å². The number of carbonyl (C=O) groups is 1. The van der Waals surface area contributed by atoms with Gasteiger partial charge in [0.15, 0.2) is 0 Å². The molecule has 4 heteroatoms. The molecule has 0 saturated heterocycles. The molecular weight excluding hydrogens is 262 g/mol. The van der Waals surface area contributed by atoms with Crippen molar-refractivity contribution in [1.82, 2.24) is 15.1 Å². The van der Waals surface area contributed by atoms with Crippen LogP contribution in [0.5, 0.6) is 0 Å². The maximum absolute atomic E-state index is 12.4. The van der Waals surface area contributed by atoms with Gasteiger partial charge in [0.25, 0.3) is 0 Å². The van der Waals surface area contributed by atoms with Crippen LogP contribution in [-0.4, -0.2) is 15.7 Å². The van der Waals surface area contributed by atoms with Crippen LogP contribution in [0.1, 0.15) is 42.1 Å². The fourth-order valence-electron chi connectivity index (χ4n) is 2.99. The molecule has 0 aliphatic heterocycles. The highest BCUT2D eigenvalue weighted by atomic mass is 16.2. The molecule has 1 aliphatic carbocycles. The van der Waals surface area contributed by atoms with Gasteiger partial charge < -0.3 is 5.32 Å². The Kier molecular flexibility index (Phi) is 3.53. The summed E-state index contributed by atoms with van der Waals surface area (Å²) in [6.45, 7) is 3.99. The highest BCUT2D eigenvalue weighted by Crippen LogP contribution is 2.47. The van der Waals surface area contributed by atoms with Crippen LogP contribution in [0.25, 0.3) is 0 Å². The van der Waals surface area contributed by atoms with Gasteiger partial charge in [-0.05, 0) is 31.7 Å². The number of aryl methyl sites for hydroxylation is 2. The first-order chi connectivity index (χ1) is 10.1. The number of carbonyl (C=O) groups excluding carboxylic acids is 1. The van der Waals surface area contributed by atoms with Crippen LogP contribution in [-0.2, 0) is 11.8 Å². The minimum Gasteiger partial charge on any atom is -0.349 e. The molecule has 21 heavy (non-hydrogen) atoms. The summed E-state index contributed by atoms with van der Waals surface area (Å²) in [5.74, 6) is 0.653. The molecule has 0 spiro atoms. The van der Waals surface area contributed by atoms with Gasteiger partial charge in [0.05, 0.1) is 11.7 Å². The number of aromatic nitrogens is 2. The minimum absolute atomic E-state index is 0.00298. The van der Waals surface area contributed by atoms with Gasteiger partial charge in [-0.2, -0.15) is 5.10 Å². The summed E-state index contributed by atoms with van der Waals surface area (Å²) in [6.07, 6.45) is 2.93. The summed E-state index contributed by atoms with van der Waals surface area (Å²) < 4.78 is 1.79. The Bertz CT molecular complexity index is 647. The van der Waals surface area contributed by atoms with Gasteiger partial charge in [-0.15, -0.1) is 0 Å². The SMILES string of the molecule is Cc1nn(C)cc1C(C)NC(=O)C1CC1c1ccccc1. The lowest BCUT2D eigenvalue weighted by molar-refractivity contribution is -0.123. The summed E-state index contributed by atoms with van der Waals surface area (Å²) in [6, 6.07) is 10.3. The molecule has 1 aliphatic rings. The smallest absolute Gasteiger partial charge is 0.224 e. The van der Waals surface area contributed by atoms with E-state index in [0.717, 1.165) is 17.7 Å². The first-order valence-corrected chi connectivity index (χ1v) is 7.41. The summed E-state index contributed by atoms with van der Waals surface area (Å²) in [5.41, 5.74) is 3.33. The van der Waals surface area contributed by atoms with E-state index in [1.807, 2.05) is 45.3 Å². The second kappa shape index (κ2) is 5.35. The van der Waals surface area contributed by atoms with Crippen LogP contribution >= 0.6 is 0 Å². The monoisotopic (exact) mass is 283 g/mol. The maximum atomic E-state index is 12.4. The van der Waals surface area contributed by atoms with Crippen LogP contribution < -0.4 is 5.32 Å². The molecule has 1 fully saturated rings. The van der Waals surface area contributed by atoms with Crippen molar-refractivity contribution < 1.29 is 4.79 Å². The first-order valence-electron chi connectivity index (χ1n) is 7.41. The van der Waals surface area contributed by atoms with Crippen molar-refractivity contribution in [3.05, 3.63) is 53.3 Å². The lowest BCUT2D eigenvalue weighted by atomic mass is 10.1. The minimum atomic E-state index is 0.00298. The Morgan fingerprint density at radius 1 is 1.38 bits per heavy atom. The van der Waals surface area contributed by atoms with Crippen molar-refractivity contribution in [3.63, 3.8) is 0 Å². The van der Waals surface area contributed by atoms with Crippen LogP contribution in [0.15, 0.2) is 36.5 Å². The number of benzene rings is 1. The normalized spacial score (nSPS) is 21.9. The van der Waals surface area contributed by atoms with Crippen LogP contribution in [0.4, 0.5) is 0 Å². The average Bonchev–Trinajstić information content (AvgIpc) is 3.19. The highest BCUT2D eigenvalue weighted by molar-refractivity contribution is 5.83. The van der Waals surface area contributed by atoms with E-state index in [-0.39, 0.29) is 17.9 Å². The van der Waals surface area contributed by atoms with Gasteiger partial charge in [0.1, 0.15) is 0 Å². The molecule has 0 radical (unpaired) electrons. The summed E-state index contributed by atoms with van der Waals surface area (Å²) in [4.78, 5) is 12.4. The number of hydrogen-bond acceptors (Lipinski definition) is 2. The van der Waals surface area contributed by atoms with Crippen molar-refractivity contribution in [2.24, 2.45) is 13.0 Å². The molecule has 1 aromatic heterocycles. The first kappa shape index (κ1) is 13.9. The fourth-order valence-corrected chi connectivity index (χ4v) is 2.99. The number of nitrogens with zero attached hydrogens (tertiary/aromatic N) is 2. The molecule has 1 aromatic carbocycles. The molecule has 0 bridgehead atoms. The molecule has 1 amide bonds.